The number of benzene rings is 2. The third kappa shape index (κ3) is 6.91. The minimum absolute atomic E-state index is 0.00141. The summed E-state index contributed by atoms with van der Waals surface area (Å²) < 4.78 is 10.4. The van der Waals surface area contributed by atoms with Crippen molar-refractivity contribution >= 4 is 35.1 Å². The average Bonchev–Trinajstić information content (AvgIpc) is 3.24. The second-order valence-corrected chi connectivity index (χ2v) is 8.72. The van der Waals surface area contributed by atoms with Crippen LogP contribution in [-0.2, 0) is 23.9 Å². The molecular formula is C27H32N2O6. The second kappa shape index (κ2) is 12.1. The molecule has 0 radical (unpaired) electrons. The number of hydrogen-bond acceptors (Lipinski definition) is 6. The van der Waals surface area contributed by atoms with Gasteiger partial charge in [0.05, 0.1) is 18.1 Å². The second-order valence-electron chi connectivity index (χ2n) is 8.72. The standard InChI is InChI=1S/C27H32N2O6/c1-4-5-6-14-34-26(32)20-10-12-22(13-11-20)29-16-21(15-24(29)31)27(33)35-17-23(30)28-25-18(2)8-7-9-19(25)3/h7-13,21H,4-6,14-17H2,1-3H3,(H,28,30)/t21-/m1/s1. The highest BCUT2D eigenvalue weighted by molar-refractivity contribution is 6.00. The van der Waals surface area contributed by atoms with Crippen LogP contribution in [0.2, 0.25) is 0 Å². The number of amides is 2. The van der Waals surface area contributed by atoms with E-state index in [0.717, 1.165) is 30.4 Å². The van der Waals surface area contributed by atoms with Gasteiger partial charge >= 0.3 is 11.9 Å². The number of carbonyl (C=O) groups excluding carboxylic acids is 4. The van der Waals surface area contributed by atoms with Gasteiger partial charge in [0.2, 0.25) is 5.91 Å². The fourth-order valence-electron chi connectivity index (χ4n) is 3.93. The Kier molecular flexibility index (Phi) is 9.00. The highest BCUT2D eigenvalue weighted by Gasteiger charge is 2.36. The van der Waals surface area contributed by atoms with Gasteiger partial charge in [-0.2, -0.15) is 0 Å². The maximum Gasteiger partial charge on any atom is 0.338 e. The Balaban J connectivity index is 1.50. The molecule has 0 saturated carbocycles. The molecule has 1 aliphatic rings. The van der Waals surface area contributed by atoms with Gasteiger partial charge in [0.25, 0.3) is 5.91 Å². The van der Waals surface area contributed by atoms with E-state index in [1.807, 2.05) is 32.0 Å². The quantitative estimate of drug-likeness (QED) is 0.404. The molecule has 0 unspecified atom stereocenters. The minimum Gasteiger partial charge on any atom is -0.462 e. The fraction of sp³-hybridized carbons (Fsp3) is 0.407. The van der Waals surface area contributed by atoms with E-state index in [9.17, 15) is 19.2 Å². The first-order valence-electron chi connectivity index (χ1n) is 11.9. The van der Waals surface area contributed by atoms with Crippen molar-refractivity contribution < 1.29 is 28.7 Å². The third-order valence-electron chi connectivity index (χ3n) is 5.95. The first-order valence-corrected chi connectivity index (χ1v) is 11.9. The van der Waals surface area contributed by atoms with Crippen LogP contribution in [0.3, 0.4) is 0 Å². The van der Waals surface area contributed by atoms with Crippen LogP contribution < -0.4 is 10.2 Å². The normalized spacial score (nSPS) is 15.1. The van der Waals surface area contributed by atoms with Gasteiger partial charge in [-0.15, -0.1) is 0 Å². The molecule has 3 rings (SSSR count). The van der Waals surface area contributed by atoms with Crippen LogP contribution >= 0.6 is 0 Å². The zero-order valence-electron chi connectivity index (χ0n) is 20.5. The number of esters is 2. The summed E-state index contributed by atoms with van der Waals surface area (Å²) in [5, 5.41) is 2.77. The molecule has 0 aliphatic carbocycles. The molecule has 2 amide bonds. The van der Waals surface area contributed by atoms with Gasteiger partial charge in [-0.3, -0.25) is 14.4 Å². The Morgan fingerprint density at radius 2 is 1.69 bits per heavy atom. The molecule has 35 heavy (non-hydrogen) atoms. The third-order valence-corrected chi connectivity index (χ3v) is 5.95. The van der Waals surface area contributed by atoms with Gasteiger partial charge in [0.1, 0.15) is 0 Å². The van der Waals surface area contributed by atoms with Crippen molar-refractivity contribution in [3.05, 3.63) is 59.2 Å². The van der Waals surface area contributed by atoms with Gasteiger partial charge in [-0.25, -0.2) is 4.79 Å². The summed E-state index contributed by atoms with van der Waals surface area (Å²) in [6, 6.07) is 12.2. The molecule has 2 aromatic carbocycles. The molecular weight excluding hydrogens is 448 g/mol. The Labute approximate surface area is 205 Å². The smallest absolute Gasteiger partial charge is 0.338 e. The van der Waals surface area contributed by atoms with Crippen molar-refractivity contribution in [2.75, 3.05) is 30.0 Å². The molecule has 186 valence electrons. The summed E-state index contributed by atoms with van der Waals surface area (Å²) in [4.78, 5) is 50.9. The Morgan fingerprint density at radius 3 is 2.34 bits per heavy atom. The highest BCUT2D eigenvalue weighted by Crippen LogP contribution is 2.26. The predicted molar refractivity (Wildman–Crippen MR) is 132 cm³/mol. The molecule has 1 atom stereocenters. The Hall–Kier alpha value is -3.68. The first kappa shape index (κ1) is 25.9. The minimum atomic E-state index is -0.668. The summed E-state index contributed by atoms with van der Waals surface area (Å²) >= 11 is 0. The topological polar surface area (TPSA) is 102 Å². The zero-order chi connectivity index (χ0) is 25.4. The van der Waals surface area contributed by atoms with Crippen molar-refractivity contribution in [3.8, 4) is 0 Å². The highest BCUT2D eigenvalue weighted by atomic mass is 16.5. The van der Waals surface area contributed by atoms with Crippen molar-refractivity contribution in [1.29, 1.82) is 0 Å². The molecule has 1 aliphatic heterocycles. The van der Waals surface area contributed by atoms with Crippen LogP contribution in [0.5, 0.6) is 0 Å². The lowest BCUT2D eigenvalue weighted by molar-refractivity contribution is -0.151. The van der Waals surface area contributed by atoms with Gasteiger partial charge in [-0.1, -0.05) is 38.0 Å². The number of hydrogen-bond donors (Lipinski definition) is 1. The number of anilines is 2. The molecule has 0 bridgehead atoms. The Morgan fingerprint density at radius 1 is 1.00 bits per heavy atom. The molecule has 8 heteroatoms. The molecule has 1 N–H and O–H groups in total. The van der Waals surface area contributed by atoms with E-state index in [-0.39, 0.29) is 18.9 Å². The molecule has 2 aromatic rings. The summed E-state index contributed by atoms with van der Waals surface area (Å²) in [7, 11) is 0. The van der Waals surface area contributed by atoms with E-state index < -0.39 is 30.4 Å². The molecule has 0 spiro atoms. The van der Waals surface area contributed by atoms with E-state index in [2.05, 4.69) is 12.2 Å². The van der Waals surface area contributed by atoms with Gasteiger partial charge in [-0.05, 0) is 55.7 Å². The van der Waals surface area contributed by atoms with Crippen LogP contribution in [-0.4, -0.2) is 43.5 Å². The van der Waals surface area contributed by atoms with Gasteiger partial charge in [0.15, 0.2) is 6.61 Å². The van der Waals surface area contributed by atoms with Crippen molar-refractivity contribution in [3.63, 3.8) is 0 Å². The number of nitrogens with one attached hydrogen (secondary N) is 1. The summed E-state index contributed by atoms with van der Waals surface area (Å²) in [5.41, 5.74) is 3.52. The molecule has 0 aromatic heterocycles. The number of carbonyl (C=O) groups is 4. The first-order chi connectivity index (χ1) is 16.8. The number of unbranched alkanes of at least 4 members (excludes halogenated alkanes) is 2. The SMILES string of the molecule is CCCCCOC(=O)c1ccc(N2C[C@H](C(=O)OCC(=O)Nc3c(C)cccc3C)CC2=O)cc1. The number of ether oxygens (including phenoxy) is 2. The average molecular weight is 481 g/mol. The number of rotatable bonds is 10. The van der Waals surface area contributed by atoms with E-state index in [4.69, 9.17) is 9.47 Å². The number of nitrogens with zero attached hydrogens (tertiary/aromatic N) is 1. The van der Waals surface area contributed by atoms with E-state index in [0.29, 0.717) is 23.5 Å². The van der Waals surface area contributed by atoms with E-state index >= 15 is 0 Å². The molecule has 1 fully saturated rings. The van der Waals surface area contributed by atoms with Gasteiger partial charge < -0.3 is 19.7 Å². The maximum atomic E-state index is 12.5. The summed E-state index contributed by atoms with van der Waals surface area (Å²) in [5.74, 6) is -2.32. The van der Waals surface area contributed by atoms with Gasteiger partial charge in [0, 0.05) is 24.3 Å². The monoisotopic (exact) mass is 480 g/mol. The summed E-state index contributed by atoms with van der Waals surface area (Å²) in [6.45, 7) is 5.95. The van der Waals surface area contributed by atoms with Crippen molar-refractivity contribution in [2.45, 2.75) is 46.5 Å². The zero-order valence-corrected chi connectivity index (χ0v) is 20.5. The van der Waals surface area contributed by atoms with Crippen LogP contribution in [0.25, 0.3) is 0 Å². The number of para-hydroxylation sites is 1. The van der Waals surface area contributed by atoms with Crippen LogP contribution in [0.4, 0.5) is 11.4 Å². The van der Waals surface area contributed by atoms with Crippen LogP contribution in [0.15, 0.2) is 42.5 Å². The van der Waals surface area contributed by atoms with Crippen LogP contribution in [0, 0.1) is 19.8 Å². The maximum absolute atomic E-state index is 12.5. The van der Waals surface area contributed by atoms with Crippen molar-refractivity contribution in [1.82, 2.24) is 0 Å². The predicted octanol–water partition coefficient (Wildman–Crippen LogP) is 4.19. The van der Waals surface area contributed by atoms with E-state index in [1.54, 1.807) is 24.3 Å². The Bertz CT molecular complexity index is 1060. The largest absolute Gasteiger partial charge is 0.462 e. The lowest BCUT2D eigenvalue weighted by Gasteiger charge is -2.17. The molecule has 8 nitrogen and oxygen atoms in total. The van der Waals surface area contributed by atoms with Crippen molar-refractivity contribution in [2.24, 2.45) is 5.92 Å². The fourth-order valence-corrected chi connectivity index (χ4v) is 3.93. The summed E-state index contributed by atoms with van der Waals surface area (Å²) in [6.07, 6.45) is 2.88. The lowest BCUT2D eigenvalue weighted by Crippen LogP contribution is -2.28. The van der Waals surface area contributed by atoms with Crippen LogP contribution in [0.1, 0.15) is 54.1 Å². The van der Waals surface area contributed by atoms with E-state index in [1.165, 1.54) is 4.90 Å². The molecule has 1 heterocycles. The number of aryl methyl sites for hydroxylation is 2. The molecule has 1 saturated heterocycles. The lowest BCUT2D eigenvalue weighted by atomic mass is 10.1.